The first kappa shape index (κ1) is 18.5. The molecule has 2 aliphatic rings. The third-order valence-electron chi connectivity index (χ3n) is 5.18. The Kier molecular flexibility index (Phi) is 7.27. The second-order valence-corrected chi connectivity index (χ2v) is 6.86. The van der Waals surface area contributed by atoms with Crippen LogP contribution in [-0.4, -0.2) is 25.7 Å². The van der Waals surface area contributed by atoms with E-state index >= 15 is 0 Å². The van der Waals surface area contributed by atoms with Gasteiger partial charge in [-0.25, -0.2) is 0 Å². The molecule has 130 valence electrons. The molecule has 0 heterocycles. The molecule has 0 spiro atoms. The minimum Gasteiger partial charge on any atom is -0.454 e. The van der Waals surface area contributed by atoms with E-state index < -0.39 is 0 Å². The van der Waals surface area contributed by atoms with Crippen molar-refractivity contribution >= 4 is 5.97 Å². The number of carbonyl (C=O) groups is 1. The lowest BCUT2D eigenvalue weighted by Gasteiger charge is -2.31. The molecule has 0 radical (unpaired) electrons. The molecule has 1 N–H and O–H groups in total. The summed E-state index contributed by atoms with van der Waals surface area (Å²) in [5.74, 6) is 1.35. The highest BCUT2D eigenvalue weighted by molar-refractivity contribution is 5.73. The molecule has 2 aliphatic carbocycles. The van der Waals surface area contributed by atoms with Gasteiger partial charge in [0.25, 0.3) is 0 Å². The van der Waals surface area contributed by atoms with Crippen molar-refractivity contribution in [3.05, 3.63) is 36.0 Å². The number of ether oxygens (including phenoxy) is 1. The number of nitriles is 1. The van der Waals surface area contributed by atoms with Gasteiger partial charge < -0.3 is 10.1 Å². The Labute approximate surface area is 145 Å². The average molecular weight is 328 g/mol. The van der Waals surface area contributed by atoms with E-state index in [1.54, 1.807) is 24.3 Å². The number of allylic oxidation sites excluding steroid dienone is 4. The van der Waals surface area contributed by atoms with Crippen molar-refractivity contribution in [3.63, 3.8) is 0 Å². The van der Waals surface area contributed by atoms with E-state index in [0.29, 0.717) is 11.5 Å². The van der Waals surface area contributed by atoms with Gasteiger partial charge in [0.2, 0.25) is 0 Å². The summed E-state index contributed by atoms with van der Waals surface area (Å²) in [7, 11) is 1.99. The molecule has 24 heavy (non-hydrogen) atoms. The number of nitrogens with zero attached hydrogens (tertiary/aromatic N) is 1. The Morgan fingerprint density at radius 2 is 2.12 bits per heavy atom. The van der Waals surface area contributed by atoms with Crippen molar-refractivity contribution in [2.75, 3.05) is 13.6 Å². The monoisotopic (exact) mass is 328 g/mol. The van der Waals surface area contributed by atoms with Gasteiger partial charge in [0.1, 0.15) is 6.10 Å². The highest BCUT2D eigenvalue weighted by atomic mass is 16.5. The smallest absolute Gasteiger partial charge is 0.309 e. The molecule has 0 aromatic carbocycles. The van der Waals surface area contributed by atoms with Crippen LogP contribution < -0.4 is 5.32 Å². The summed E-state index contributed by atoms with van der Waals surface area (Å²) in [6.45, 7) is 3.38. The Bertz CT molecular complexity index is 548. The molecule has 2 unspecified atom stereocenters. The van der Waals surface area contributed by atoms with Gasteiger partial charge >= 0.3 is 5.97 Å². The van der Waals surface area contributed by atoms with E-state index in [4.69, 9.17) is 10.00 Å². The number of rotatable bonds is 6. The van der Waals surface area contributed by atoms with Gasteiger partial charge in [-0.3, -0.25) is 4.79 Å². The molecule has 0 aromatic rings. The first-order chi connectivity index (χ1) is 11.6. The van der Waals surface area contributed by atoms with Gasteiger partial charge in [-0.1, -0.05) is 13.0 Å². The number of carbonyl (C=O) groups excluding carboxylic acids is 1. The molecule has 0 aromatic heterocycles. The van der Waals surface area contributed by atoms with Crippen molar-refractivity contribution in [2.45, 2.75) is 45.1 Å². The maximum Gasteiger partial charge on any atom is 0.309 e. The lowest BCUT2D eigenvalue weighted by Crippen LogP contribution is -2.29. The largest absolute Gasteiger partial charge is 0.454 e. The van der Waals surface area contributed by atoms with Crippen LogP contribution in [0.2, 0.25) is 0 Å². The van der Waals surface area contributed by atoms with Crippen LogP contribution in [0.4, 0.5) is 0 Å². The third-order valence-corrected chi connectivity index (χ3v) is 5.18. The Hall–Kier alpha value is -1.86. The van der Waals surface area contributed by atoms with Crippen LogP contribution in [0.3, 0.4) is 0 Å². The first-order valence-electron chi connectivity index (χ1n) is 8.96. The summed E-state index contributed by atoms with van der Waals surface area (Å²) in [5, 5.41) is 12.1. The summed E-state index contributed by atoms with van der Waals surface area (Å²) >= 11 is 0. The molecule has 0 saturated heterocycles. The van der Waals surface area contributed by atoms with E-state index in [1.165, 1.54) is 6.42 Å². The lowest BCUT2D eigenvalue weighted by atomic mass is 9.75. The van der Waals surface area contributed by atoms with Crippen LogP contribution >= 0.6 is 0 Å². The maximum atomic E-state index is 12.4. The van der Waals surface area contributed by atoms with E-state index in [9.17, 15) is 4.79 Å². The first-order valence-corrected chi connectivity index (χ1v) is 8.96. The van der Waals surface area contributed by atoms with Gasteiger partial charge in [-0.05, 0) is 81.8 Å². The number of esters is 1. The van der Waals surface area contributed by atoms with E-state index in [-0.39, 0.29) is 18.0 Å². The van der Waals surface area contributed by atoms with Crippen molar-refractivity contribution in [2.24, 2.45) is 17.8 Å². The van der Waals surface area contributed by atoms with Gasteiger partial charge in [-0.15, -0.1) is 0 Å². The molecule has 0 amide bonds. The lowest BCUT2D eigenvalue weighted by molar-refractivity contribution is -0.151. The average Bonchev–Trinajstić information content (AvgIpc) is 2.84. The predicted molar refractivity (Wildman–Crippen MR) is 95.0 cm³/mol. The van der Waals surface area contributed by atoms with Crippen LogP contribution in [0.1, 0.15) is 39.0 Å². The zero-order valence-corrected chi connectivity index (χ0v) is 14.7. The molecule has 4 nitrogen and oxygen atoms in total. The summed E-state index contributed by atoms with van der Waals surface area (Å²) < 4.78 is 5.60. The van der Waals surface area contributed by atoms with Crippen LogP contribution in [0, 0.1) is 29.1 Å². The standard InChI is InChI=1S/C20H28N2O2/c1-15(12-13-22-2)17-7-9-18(10-8-17)20(23)24-19-5-3-4-16(14-21)6-11-19/h3-6,11,15,17-19,22H,7-10,12-13H2,1-2H3. The molecular weight excluding hydrogens is 300 g/mol. The number of hydrogen-bond donors (Lipinski definition) is 1. The maximum absolute atomic E-state index is 12.4. The van der Waals surface area contributed by atoms with Crippen LogP contribution in [0.5, 0.6) is 0 Å². The van der Waals surface area contributed by atoms with Crippen LogP contribution in [0.25, 0.3) is 0 Å². The van der Waals surface area contributed by atoms with Crippen molar-refractivity contribution in [1.29, 1.82) is 5.26 Å². The molecule has 0 aliphatic heterocycles. The van der Waals surface area contributed by atoms with Gasteiger partial charge in [0, 0.05) is 0 Å². The minimum absolute atomic E-state index is 0.0196. The van der Waals surface area contributed by atoms with Gasteiger partial charge in [0.15, 0.2) is 0 Å². The van der Waals surface area contributed by atoms with Crippen molar-refractivity contribution < 1.29 is 9.53 Å². The second kappa shape index (κ2) is 9.44. The molecular formula is C20H28N2O2. The zero-order chi connectivity index (χ0) is 17.4. The Morgan fingerprint density at radius 3 is 2.79 bits per heavy atom. The number of nitrogens with one attached hydrogen (secondary N) is 1. The SMILES string of the molecule is CNCCC(C)C1CCC(C(=O)OC2C=CC=C(C#N)C=C2)CC1. The molecule has 2 atom stereocenters. The van der Waals surface area contributed by atoms with Gasteiger partial charge in [0.05, 0.1) is 17.6 Å². The highest BCUT2D eigenvalue weighted by Crippen LogP contribution is 2.35. The molecule has 1 saturated carbocycles. The normalized spacial score (nSPS) is 27.7. The summed E-state index contributed by atoms with van der Waals surface area (Å²) in [4.78, 5) is 12.4. The van der Waals surface area contributed by atoms with Crippen molar-refractivity contribution in [1.82, 2.24) is 5.32 Å². The summed E-state index contributed by atoms with van der Waals surface area (Å²) in [6.07, 6.45) is 13.7. The minimum atomic E-state index is -0.369. The molecule has 0 bridgehead atoms. The zero-order valence-electron chi connectivity index (χ0n) is 14.7. The summed E-state index contributed by atoms with van der Waals surface area (Å²) in [5.41, 5.74) is 0.570. The quantitative estimate of drug-likeness (QED) is 0.758. The van der Waals surface area contributed by atoms with Gasteiger partial charge in [-0.2, -0.15) is 5.26 Å². The van der Waals surface area contributed by atoms with E-state index in [2.05, 4.69) is 18.3 Å². The Morgan fingerprint density at radius 1 is 1.38 bits per heavy atom. The number of hydrogen-bond acceptors (Lipinski definition) is 4. The third kappa shape index (κ3) is 5.35. The fourth-order valence-corrected chi connectivity index (χ4v) is 3.50. The Balaban J connectivity index is 1.78. The second-order valence-electron chi connectivity index (χ2n) is 6.86. The molecule has 2 rings (SSSR count). The van der Waals surface area contributed by atoms with Crippen molar-refractivity contribution in [3.8, 4) is 6.07 Å². The predicted octanol–water partition coefficient (Wildman–Crippen LogP) is 3.53. The fraction of sp³-hybridized carbons (Fsp3) is 0.600. The molecule has 1 fully saturated rings. The van der Waals surface area contributed by atoms with Crippen LogP contribution in [0.15, 0.2) is 36.0 Å². The summed E-state index contributed by atoms with van der Waals surface area (Å²) in [6, 6.07) is 2.09. The highest BCUT2D eigenvalue weighted by Gasteiger charge is 2.30. The topological polar surface area (TPSA) is 62.1 Å². The van der Waals surface area contributed by atoms with E-state index in [0.717, 1.165) is 38.1 Å². The van der Waals surface area contributed by atoms with E-state index in [1.807, 2.05) is 13.1 Å². The molecule has 4 heteroatoms. The fourth-order valence-electron chi connectivity index (χ4n) is 3.50. The van der Waals surface area contributed by atoms with Crippen LogP contribution in [-0.2, 0) is 9.53 Å².